The number of rotatable bonds is 3. The van der Waals surface area contributed by atoms with Crippen molar-refractivity contribution in [3.63, 3.8) is 0 Å². The summed E-state index contributed by atoms with van der Waals surface area (Å²) in [6.45, 7) is 2.50. The van der Waals surface area contributed by atoms with Crippen molar-refractivity contribution in [1.29, 1.82) is 0 Å². The molecule has 0 amide bonds. The first-order valence-corrected chi connectivity index (χ1v) is 6.16. The summed E-state index contributed by atoms with van der Waals surface area (Å²) in [6, 6.07) is 7.62. The number of hydrogen-bond acceptors (Lipinski definition) is 4. The molecule has 1 unspecified atom stereocenters. The number of nitrogens with two attached hydrogens (primary N) is 1. The van der Waals surface area contributed by atoms with Gasteiger partial charge in [0.05, 0.1) is 6.10 Å². The van der Waals surface area contributed by atoms with Gasteiger partial charge in [0, 0.05) is 18.7 Å². The van der Waals surface area contributed by atoms with Crippen LogP contribution in [0.2, 0.25) is 0 Å². The van der Waals surface area contributed by atoms with E-state index in [2.05, 4.69) is 10.1 Å². The van der Waals surface area contributed by atoms with E-state index >= 15 is 0 Å². The second-order valence-corrected chi connectivity index (χ2v) is 4.72. The lowest BCUT2D eigenvalue weighted by atomic mass is 10.1. The average molecular weight is 249 g/mol. The molecule has 5 nitrogen and oxygen atoms in total. The smallest absolute Gasteiger partial charge is 0.170 e. The molecular formula is C13H19N3O2. The Bertz CT molecular complexity index is 434. The third-order valence-corrected chi connectivity index (χ3v) is 3.22. The molecule has 1 aliphatic heterocycles. The van der Waals surface area contributed by atoms with Crippen LogP contribution in [0.5, 0.6) is 0 Å². The van der Waals surface area contributed by atoms with Crippen LogP contribution >= 0.6 is 0 Å². The number of likely N-dealkylation sites (tertiary alicyclic amines) is 1. The van der Waals surface area contributed by atoms with Crippen molar-refractivity contribution in [1.82, 2.24) is 4.90 Å². The van der Waals surface area contributed by atoms with Crippen molar-refractivity contribution in [3.05, 3.63) is 35.4 Å². The van der Waals surface area contributed by atoms with Crippen molar-refractivity contribution < 1.29 is 10.3 Å². The molecule has 1 atom stereocenters. The zero-order valence-corrected chi connectivity index (χ0v) is 10.3. The molecule has 5 heteroatoms. The minimum absolute atomic E-state index is 0.121. The van der Waals surface area contributed by atoms with Crippen molar-refractivity contribution in [2.24, 2.45) is 10.9 Å². The molecule has 0 bridgehead atoms. The minimum Gasteiger partial charge on any atom is -0.409 e. The van der Waals surface area contributed by atoms with Gasteiger partial charge in [-0.15, -0.1) is 0 Å². The van der Waals surface area contributed by atoms with Crippen molar-refractivity contribution >= 4 is 5.84 Å². The number of amidine groups is 1. The van der Waals surface area contributed by atoms with E-state index in [4.69, 9.17) is 10.9 Å². The highest BCUT2D eigenvalue weighted by molar-refractivity contribution is 5.97. The Balaban J connectivity index is 2.05. The van der Waals surface area contributed by atoms with Crippen LogP contribution in [0, 0.1) is 0 Å². The van der Waals surface area contributed by atoms with E-state index in [1.165, 1.54) is 0 Å². The average Bonchev–Trinajstić information content (AvgIpc) is 2.38. The van der Waals surface area contributed by atoms with Gasteiger partial charge in [-0.3, -0.25) is 4.90 Å². The number of piperidine rings is 1. The van der Waals surface area contributed by atoms with E-state index in [0.717, 1.165) is 31.5 Å². The molecule has 1 aromatic carbocycles. The summed E-state index contributed by atoms with van der Waals surface area (Å²) in [5, 5.41) is 21.3. The predicted molar refractivity (Wildman–Crippen MR) is 69.5 cm³/mol. The summed E-state index contributed by atoms with van der Waals surface area (Å²) in [5.41, 5.74) is 7.38. The summed E-state index contributed by atoms with van der Waals surface area (Å²) in [5.74, 6) is 0.121. The summed E-state index contributed by atoms with van der Waals surface area (Å²) in [4.78, 5) is 2.22. The maximum Gasteiger partial charge on any atom is 0.170 e. The van der Waals surface area contributed by atoms with Crippen LogP contribution in [0.4, 0.5) is 0 Å². The summed E-state index contributed by atoms with van der Waals surface area (Å²) < 4.78 is 0. The van der Waals surface area contributed by atoms with Gasteiger partial charge in [-0.05, 0) is 31.0 Å². The molecule has 0 aliphatic carbocycles. The first kappa shape index (κ1) is 12.9. The summed E-state index contributed by atoms with van der Waals surface area (Å²) in [6.07, 6.45) is 1.70. The van der Waals surface area contributed by atoms with E-state index in [-0.39, 0.29) is 11.9 Å². The zero-order valence-electron chi connectivity index (χ0n) is 10.3. The lowest BCUT2D eigenvalue weighted by molar-refractivity contribution is 0.0668. The zero-order chi connectivity index (χ0) is 13.0. The fourth-order valence-corrected chi connectivity index (χ4v) is 2.32. The maximum atomic E-state index is 9.62. The second-order valence-electron chi connectivity index (χ2n) is 4.72. The van der Waals surface area contributed by atoms with Gasteiger partial charge >= 0.3 is 0 Å². The molecule has 4 N–H and O–H groups in total. The summed E-state index contributed by atoms with van der Waals surface area (Å²) >= 11 is 0. The Morgan fingerprint density at radius 1 is 1.50 bits per heavy atom. The van der Waals surface area contributed by atoms with Gasteiger partial charge < -0.3 is 16.0 Å². The van der Waals surface area contributed by atoms with Crippen LogP contribution in [0.1, 0.15) is 24.0 Å². The normalized spacial score (nSPS) is 22.1. The number of hydrogen-bond donors (Lipinski definition) is 3. The van der Waals surface area contributed by atoms with Crippen LogP contribution in [0.15, 0.2) is 29.4 Å². The van der Waals surface area contributed by atoms with Crippen LogP contribution < -0.4 is 5.73 Å². The van der Waals surface area contributed by atoms with Gasteiger partial charge in [0.2, 0.25) is 0 Å². The molecule has 1 fully saturated rings. The number of nitrogens with zero attached hydrogens (tertiary/aromatic N) is 2. The third kappa shape index (κ3) is 3.21. The van der Waals surface area contributed by atoms with E-state index in [0.29, 0.717) is 12.1 Å². The SMILES string of the molecule is N/C(=N/O)c1cccc(CN2CCCC(O)C2)c1. The van der Waals surface area contributed by atoms with Gasteiger partial charge in [0.15, 0.2) is 5.84 Å². The fourth-order valence-electron chi connectivity index (χ4n) is 2.32. The van der Waals surface area contributed by atoms with Gasteiger partial charge in [-0.2, -0.15) is 0 Å². The number of aliphatic hydroxyl groups excluding tert-OH is 1. The first-order chi connectivity index (χ1) is 8.69. The molecule has 18 heavy (non-hydrogen) atoms. The topological polar surface area (TPSA) is 82.1 Å². The number of β-amino-alcohol motifs (C(OH)–C–C–N with tert-alkyl or cyclic N) is 1. The third-order valence-electron chi connectivity index (χ3n) is 3.22. The Labute approximate surface area is 107 Å². The number of oxime groups is 1. The fraction of sp³-hybridized carbons (Fsp3) is 0.462. The van der Waals surface area contributed by atoms with Gasteiger partial charge in [0.25, 0.3) is 0 Å². The van der Waals surface area contributed by atoms with E-state index in [9.17, 15) is 5.11 Å². The van der Waals surface area contributed by atoms with Gasteiger partial charge in [-0.1, -0.05) is 23.4 Å². The second kappa shape index (κ2) is 5.84. The maximum absolute atomic E-state index is 9.62. The Morgan fingerprint density at radius 2 is 2.33 bits per heavy atom. The molecule has 98 valence electrons. The van der Waals surface area contributed by atoms with Crippen LogP contribution in [-0.2, 0) is 6.54 Å². The molecule has 1 saturated heterocycles. The molecule has 0 radical (unpaired) electrons. The van der Waals surface area contributed by atoms with Gasteiger partial charge in [-0.25, -0.2) is 0 Å². The predicted octanol–water partition coefficient (Wildman–Crippen LogP) is 0.738. The Hall–Kier alpha value is -1.59. The number of aliphatic hydroxyl groups is 1. The van der Waals surface area contributed by atoms with Crippen molar-refractivity contribution in [3.8, 4) is 0 Å². The Kier molecular flexibility index (Phi) is 4.17. The van der Waals surface area contributed by atoms with E-state index in [1.54, 1.807) is 0 Å². The minimum atomic E-state index is -0.217. The highest BCUT2D eigenvalue weighted by Gasteiger charge is 2.17. The molecule has 1 aliphatic rings. The molecular weight excluding hydrogens is 230 g/mol. The van der Waals surface area contributed by atoms with Crippen molar-refractivity contribution in [2.45, 2.75) is 25.5 Å². The lowest BCUT2D eigenvalue weighted by Crippen LogP contribution is -2.37. The highest BCUT2D eigenvalue weighted by atomic mass is 16.4. The molecule has 1 aromatic rings. The number of benzene rings is 1. The largest absolute Gasteiger partial charge is 0.409 e. The van der Waals surface area contributed by atoms with Gasteiger partial charge in [0.1, 0.15) is 0 Å². The van der Waals surface area contributed by atoms with Crippen LogP contribution in [0.3, 0.4) is 0 Å². The molecule has 0 aromatic heterocycles. The quantitative estimate of drug-likeness (QED) is 0.319. The van der Waals surface area contributed by atoms with Crippen LogP contribution in [0.25, 0.3) is 0 Å². The molecule has 0 spiro atoms. The molecule has 2 rings (SSSR count). The molecule has 0 saturated carbocycles. The lowest BCUT2D eigenvalue weighted by Gasteiger charge is -2.30. The van der Waals surface area contributed by atoms with E-state index < -0.39 is 0 Å². The standard InChI is InChI=1S/C13H19N3O2/c14-13(15-18)11-4-1-3-10(7-11)8-16-6-2-5-12(17)9-16/h1,3-4,7,12,17-18H,2,5-6,8-9H2,(H2,14,15). The summed E-state index contributed by atoms with van der Waals surface area (Å²) in [7, 11) is 0. The van der Waals surface area contributed by atoms with E-state index in [1.807, 2.05) is 24.3 Å². The van der Waals surface area contributed by atoms with Crippen molar-refractivity contribution in [2.75, 3.05) is 13.1 Å². The molecule has 1 heterocycles. The Morgan fingerprint density at radius 3 is 3.06 bits per heavy atom. The first-order valence-electron chi connectivity index (χ1n) is 6.16. The highest BCUT2D eigenvalue weighted by Crippen LogP contribution is 2.14. The van der Waals surface area contributed by atoms with Crippen LogP contribution in [-0.4, -0.2) is 40.2 Å². The monoisotopic (exact) mass is 249 g/mol.